The van der Waals surface area contributed by atoms with Crippen molar-refractivity contribution in [2.24, 2.45) is 0 Å². The molecule has 1 heterocycles. The van der Waals surface area contributed by atoms with Crippen molar-refractivity contribution in [2.75, 3.05) is 6.54 Å². The van der Waals surface area contributed by atoms with Crippen LogP contribution in [0.15, 0.2) is 24.3 Å². The summed E-state index contributed by atoms with van der Waals surface area (Å²) in [5.41, 5.74) is 0.397. The number of alkyl halides is 2. The van der Waals surface area contributed by atoms with Gasteiger partial charge in [-0.05, 0) is 12.1 Å². The van der Waals surface area contributed by atoms with Gasteiger partial charge in [0.2, 0.25) is 0 Å². The van der Waals surface area contributed by atoms with Crippen molar-refractivity contribution in [3.05, 3.63) is 35.4 Å². The minimum atomic E-state index is -3.03. The van der Waals surface area contributed by atoms with E-state index in [1.54, 1.807) is 12.1 Å². The summed E-state index contributed by atoms with van der Waals surface area (Å²) in [6.45, 7) is 0.466. The number of hydrogen-bond acceptors (Lipinski definition) is 2. The molecule has 0 unspecified atom stereocenters. The normalized spacial score (nSPS) is 15.4. The minimum absolute atomic E-state index is 0.199. The number of fused-ring (bicyclic) bond motifs is 1. The van der Waals surface area contributed by atoms with Gasteiger partial charge in [0.1, 0.15) is 0 Å². The van der Waals surface area contributed by atoms with Crippen LogP contribution in [0.2, 0.25) is 0 Å². The monoisotopic (exact) mass is 239 g/mol. The molecule has 0 saturated heterocycles. The number of halogens is 2. The second-order valence-corrected chi connectivity index (χ2v) is 3.95. The van der Waals surface area contributed by atoms with Crippen molar-refractivity contribution < 1.29 is 18.4 Å². The standard InChI is InChI=1S/C12H11F2NO2/c1-2-12(13,14)7-15-10(16)8-5-3-4-6-9(8)11(15)17/h3-6H,2,7H2,1H3. The van der Waals surface area contributed by atoms with E-state index < -0.39 is 30.7 Å². The first-order valence-corrected chi connectivity index (χ1v) is 5.29. The second-order valence-electron chi connectivity index (χ2n) is 3.95. The number of amides is 2. The van der Waals surface area contributed by atoms with Crippen LogP contribution in [0.25, 0.3) is 0 Å². The van der Waals surface area contributed by atoms with Crippen LogP contribution in [-0.4, -0.2) is 29.2 Å². The third-order valence-electron chi connectivity index (χ3n) is 2.78. The van der Waals surface area contributed by atoms with Crippen LogP contribution in [0.4, 0.5) is 8.78 Å². The van der Waals surface area contributed by atoms with Gasteiger partial charge in [-0.2, -0.15) is 0 Å². The topological polar surface area (TPSA) is 37.4 Å². The fourth-order valence-corrected chi connectivity index (χ4v) is 1.73. The maximum atomic E-state index is 13.2. The molecular formula is C12H11F2NO2. The molecule has 0 atom stereocenters. The third-order valence-corrected chi connectivity index (χ3v) is 2.78. The molecule has 1 aromatic carbocycles. The number of carbonyl (C=O) groups is 2. The molecule has 0 aliphatic carbocycles. The maximum Gasteiger partial charge on any atom is 0.265 e. The van der Waals surface area contributed by atoms with Gasteiger partial charge >= 0.3 is 0 Å². The number of rotatable bonds is 3. The summed E-state index contributed by atoms with van der Waals surface area (Å²) in [4.78, 5) is 24.2. The number of carbonyl (C=O) groups excluding carboxylic acids is 2. The second kappa shape index (κ2) is 3.91. The molecule has 3 nitrogen and oxygen atoms in total. The molecule has 1 aliphatic heterocycles. The Morgan fingerprint density at radius 2 is 1.59 bits per heavy atom. The smallest absolute Gasteiger partial charge is 0.265 e. The van der Waals surface area contributed by atoms with Gasteiger partial charge < -0.3 is 0 Å². The zero-order valence-electron chi connectivity index (χ0n) is 9.24. The zero-order chi connectivity index (χ0) is 12.6. The van der Waals surface area contributed by atoms with Gasteiger partial charge in [-0.15, -0.1) is 0 Å². The van der Waals surface area contributed by atoms with E-state index in [4.69, 9.17) is 0 Å². The summed E-state index contributed by atoms with van der Waals surface area (Å²) in [7, 11) is 0. The van der Waals surface area contributed by atoms with Gasteiger partial charge in [0.15, 0.2) is 0 Å². The van der Waals surface area contributed by atoms with Crippen LogP contribution in [0.1, 0.15) is 34.1 Å². The van der Waals surface area contributed by atoms with Gasteiger partial charge in [0, 0.05) is 6.42 Å². The van der Waals surface area contributed by atoms with Gasteiger partial charge in [-0.3, -0.25) is 14.5 Å². The minimum Gasteiger partial charge on any atom is -0.269 e. The van der Waals surface area contributed by atoms with Crippen molar-refractivity contribution in [1.29, 1.82) is 0 Å². The molecule has 1 aromatic rings. The molecule has 0 radical (unpaired) electrons. The molecule has 5 heteroatoms. The lowest BCUT2D eigenvalue weighted by molar-refractivity contribution is -0.0253. The van der Waals surface area contributed by atoms with Crippen molar-refractivity contribution in [3.63, 3.8) is 0 Å². The van der Waals surface area contributed by atoms with E-state index in [0.29, 0.717) is 4.90 Å². The van der Waals surface area contributed by atoms with E-state index in [2.05, 4.69) is 0 Å². The summed E-state index contributed by atoms with van der Waals surface area (Å²) < 4.78 is 26.5. The Kier molecular flexibility index (Phi) is 2.69. The third kappa shape index (κ3) is 1.92. The van der Waals surface area contributed by atoms with Crippen LogP contribution >= 0.6 is 0 Å². The fraction of sp³-hybridized carbons (Fsp3) is 0.333. The summed E-state index contributed by atoms with van der Waals surface area (Å²) in [6.07, 6.45) is -0.402. The predicted octanol–water partition coefficient (Wildman–Crippen LogP) is 2.33. The SMILES string of the molecule is CCC(F)(F)CN1C(=O)c2ccccc2C1=O. The highest BCUT2D eigenvalue weighted by molar-refractivity contribution is 6.21. The first-order valence-electron chi connectivity index (χ1n) is 5.29. The highest BCUT2D eigenvalue weighted by Crippen LogP contribution is 2.27. The molecule has 2 amide bonds. The summed E-state index contributed by atoms with van der Waals surface area (Å²) in [5, 5.41) is 0. The van der Waals surface area contributed by atoms with Crippen molar-refractivity contribution in [1.82, 2.24) is 4.90 Å². The summed E-state index contributed by atoms with van der Waals surface area (Å²) in [5.74, 6) is -4.31. The van der Waals surface area contributed by atoms with Gasteiger partial charge in [0.25, 0.3) is 17.7 Å². The maximum absolute atomic E-state index is 13.2. The van der Waals surface area contributed by atoms with Gasteiger partial charge in [-0.1, -0.05) is 19.1 Å². The highest BCUT2D eigenvalue weighted by atomic mass is 19.3. The Morgan fingerprint density at radius 1 is 1.12 bits per heavy atom. The summed E-state index contributed by atoms with van der Waals surface area (Å²) in [6, 6.07) is 6.15. The van der Waals surface area contributed by atoms with Gasteiger partial charge in [-0.25, -0.2) is 8.78 Å². The molecule has 0 saturated carbocycles. The Bertz CT molecular complexity index is 450. The van der Waals surface area contributed by atoms with Crippen LogP contribution in [0, 0.1) is 0 Å². The van der Waals surface area contributed by atoms with E-state index in [1.165, 1.54) is 19.1 Å². The molecule has 90 valence electrons. The van der Waals surface area contributed by atoms with E-state index in [0.717, 1.165) is 0 Å². The number of imide groups is 1. The fourth-order valence-electron chi connectivity index (χ4n) is 1.73. The molecular weight excluding hydrogens is 228 g/mol. The van der Waals surface area contributed by atoms with Crippen molar-refractivity contribution in [3.8, 4) is 0 Å². The van der Waals surface area contributed by atoms with Gasteiger partial charge in [0.05, 0.1) is 17.7 Å². The molecule has 0 N–H and O–H groups in total. The summed E-state index contributed by atoms with van der Waals surface area (Å²) >= 11 is 0. The average Bonchev–Trinajstić information content (AvgIpc) is 2.55. The molecule has 2 rings (SSSR count). The van der Waals surface area contributed by atoms with Crippen LogP contribution in [0.3, 0.4) is 0 Å². The Morgan fingerprint density at radius 3 is 2.00 bits per heavy atom. The van der Waals surface area contributed by atoms with Crippen molar-refractivity contribution >= 4 is 11.8 Å². The van der Waals surface area contributed by atoms with Crippen LogP contribution in [0.5, 0.6) is 0 Å². The Hall–Kier alpha value is -1.78. The predicted molar refractivity (Wildman–Crippen MR) is 57.0 cm³/mol. The van der Waals surface area contributed by atoms with Crippen LogP contribution < -0.4 is 0 Å². The molecule has 17 heavy (non-hydrogen) atoms. The lowest BCUT2D eigenvalue weighted by atomic mass is 10.1. The van der Waals surface area contributed by atoms with Crippen molar-refractivity contribution in [2.45, 2.75) is 19.3 Å². The Balaban J connectivity index is 2.31. The lowest BCUT2D eigenvalue weighted by Gasteiger charge is -2.20. The highest BCUT2D eigenvalue weighted by Gasteiger charge is 2.41. The lowest BCUT2D eigenvalue weighted by Crippen LogP contribution is -2.40. The molecule has 0 bridgehead atoms. The van der Waals surface area contributed by atoms with E-state index in [1.807, 2.05) is 0 Å². The molecule has 0 spiro atoms. The molecule has 1 aliphatic rings. The molecule has 0 aromatic heterocycles. The van der Waals surface area contributed by atoms with Crippen LogP contribution in [-0.2, 0) is 0 Å². The average molecular weight is 239 g/mol. The number of benzene rings is 1. The first-order chi connectivity index (χ1) is 7.96. The van der Waals surface area contributed by atoms with E-state index in [-0.39, 0.29) is 11.1 Å². The van der Waals surface area contributed by atoms with E-state index >= 15 is 0 Å². The Labute approximate surface area is 97.0 Å². The first kappa shape index (κ1) is 11.7. The zero-order valence-corrected chi connectivity index (χ0v) is 9.24. The number of hydrogen-bond donors (Lipinski definition) is 0. The van der Waals surface area contributed by atoms with E-state index in [9.17, 15) is 18.4 Å². The largest absolute Gasteiger partial charge is 0.269 e. The number of nitrogens with zero attached hydrogens (tertiary/aromatic N) is 1. The quantitative estimate of drug-likeness (QED) is 0.759. The molecule has 0 fully saturated rings.